The minimum absolute atomic E-state index is 0.0174. The lowest BCUT2D eigenvalue weighted by Gasteiger charge is -2.13. The summed E-state index contributed by atoms with van der Waals surface area (Å²) in [6.45, 7) is 0. The number of H-pyrrole nitrogens is 1. The zero-order chi connectivity index (χ0) is 17.7. The molecular formula is C16H13FN6O. The van der Waals surface area contributed by atoms with Gasteiger partial charge >= 0.3 is 0 Å². The number of nitrogens with zero attached hydrogens (tertiary/aromatic N) is 1. The molecule has 0 radical (unpaired) electrons. The van der Waals surface area contributed by atoms with E-state index in [1.165, 1.54) is 30.5 Å². The molecule has 0 aliphatic rings. The van der Waals surface area contributed by atoms with Crippen molar-refractivity contribution in [1.82, 2.24) is 4.98 Å². The van der Waals surface area contributed by atoms with Crippen LogP contribution in [0.15, 0.2) is 47.0 Å². The molecule has 7 nitrogen and oxygen atoms in total. The average molecular weight is 324 g/mol. The van der Waals surface area contributed by atoms with Gasteiger partial charge in [-0.2, -0.15) is 5.26 Å². The highest BCUT2D eigenvalue weighted by atomic mass is 19.1. The van der Waals surface area contributed by atoms with Gasteiger partial charge in [0, 0.05) is 24.2 Å². The molecule has 0 spiro atoms. The van der Waals surface area contributed by atoms with Crippen LogP contribution in [0.1, 0.15) is 11.1 Å². The number of nitrogens with one attached hydrogen (secondary N) is 4. The van der Waals surface area contributed by atoms with Crippen LogP contribution in [-0.4, -0.2) is 16.9 Å². The fraction of sp³-hybridized carbons (Fsp3) is 0. The predicted molar refractivity (Wildman–Crippen MR) is 89.3 cm³/mol. The van der Waals surface area contributed by atoms with Gasteiger partial charge in [0.2, 0.25) is 0 Å². The predicted octanol–water partition coefficient (Wildman–Crippen LogP) is 1.99. The van der Waals surface area contributed by atoms with Gasteiger partial charge in [0.25, 0.3) is 5.56 Å². The highest BCUT2D eigenvalue weighted by molar-refractivity contribution is 6.23. The lowest BCUT2D eigenvalue weighted by Crippen LogP contribution is -2.22. The van der Waals surface area contributed by atoms with E-state index in [1.807, 2.05) is 6.07 Å². The van der Waals surface area contributed by atoms with Crippen molar-refractivity contribution < 1.29 is 4.39 Å². The van der Waals surface area contributed by atoms with Crippen LogP contribution in [0.3, 0.4) is 0 Å². The first-order valence-electron chi connectivity index (χ1n) is 6.72. The van der Waals surface area contributed by atoms with Crippen LogP contribution in [0.25, 0.3) is 0 Å². The van der Waals surface area contributed by atoms with E-state index in [4.69, 9.17) is 21.8 Å². The van der Waals surface area contributed by atoms with Crippen molar-refractivity contribution in [2.75, 3.05) is 5.32 Å². The highest BCUT2D eigenvalue weighted by Crippen LogP contribution is 2.25. The summed E-state index contributed by atoms with van der Waals surface area (Å²) in [6, 6.07) is 7.27. The van der Waals surface area contributed by atoms with Crippen LogP contribution < -0.4 is 16.6 Å². The van der Waals surface area contributed by atoms with Gasteiger partial charge in [0.1, 0.15) is 11.9 Å². The molecular weight excluding hydrogens is 311 g/mol. The van der Waals surface area contributed by atoms with Crippen LogP contribution >= 0.6 is 0 Å². The van der Waals surface area contributed by atoms with Crippen LogP contribution in [0.4, 0.5) is 15.8 Å². The zero-order valence-electron chi connectivity index (χ0n) is 12.4. The van der Waals surface area contributed by atoms with E-state index in [0.29, 0.717) is 0 Å². The van der Waals surface area contributed by atoms with Gasteiger partial charge in [0.15, 0.2) is 0 Å². The molecule has 0 saturated carbocycles. The number of hydrogen-bond donors (Lipinski definition) is 5. The largest absolute Gasteiger partial charge is 0.404 e. The molecule has 0 unspecified atom stereocenters. The summed E-state index contributed by atoms with van der Waals surface area (Å²) in [6.07, 6.45) is 3.18. The Kier molecular flexibility index (Phi) is 4.87. The van der Waals surface area contributed by atoms with Gasteiger partial charge < -0.3 is 21.4 Å². The SMILES string of the molecule is N#Cc1cccc(F)c1Nc1cc[nH]c(=O)c1C(=N)/C(C=N)=C/N. The first-order chi connectivity index (χ1) is 11.5. The van der Waals surface area contributed by atoms with Crippen molar-refractivity contribution >= 4 is 23.3 Å². The number of rotatable bonds is 5. The maximum Gasteiger partial charge on any atom is 0.259 e. The van der Waals surface area contributed by atoms with E-state index in [-0.39, 0.29) is 33.8 Å². The van der Waals surface area contributed by atoms with Crippen LogP contribution in [0.2, 0.25) is 0 Å². The van der Waals surface area contributed by atoms with Crippen LogP contribution in [-0.2, 0) is 0 Å². The van der Waals surface area contributed by atoms with Crippen molar-refractivity contribution in [2.24, 2.45) is 5.73 Å². The highest BCUT2D eigenvalue weighted by Gasteiger charge is 2.17. The number of aromatic amines is 1. The quantitative estimate of drug-likeness (QED) is 0.536. The lowest BCUT2D eigenvalue weighted by atomic mass is 10.0. The summed E-state index contributed by atoms with van der Waals surface area (Å²) in [5, 5.41) is 27.1. The van der Waals surface area contributed by atoms with Gasteiger partial charge in [0.05, 0.1) is 28.2 Å². The topological polar surface area (TPSA) is 142 Å². The minimum atomic E-state index is -0.673. The number of pyridine rings is 1. The van der Waals surface area contributed by atoms with Crippen molar-refractivity contribution in [3.8, 4) is 6.07 Å². The average Bonchev–Trinajstić information content (AvgIpc) is 2.57. The Morgan fingerprint density at radius 1 is 1.42 bits per heavy atom. The summed E-state index contributed by atoms with van der Waals surface area (Å²) in [4.78, 5) is 14.5. The second-order valence-electron chi connectivity index (χ2n) is 4.64. The first-order valence-corrected chi connectivity index (χ1v) is 6.72. The molecule has 2 rings (SSSR count). The Bertz CT molecular complexity index is 938. The Morgan fingerprint density at radius 3 is 2.79 bits per heavy atom. The van der Waals surface area contributed by atoms with E-state index in [9.17, 15) is 9.18 Å². The first kappa shape index (κ1) is 16.6. The van der Waals surface area contributed by atoms with Crippen molar-refractivity contribution in [2.45, 2.75) is 0 Å². The molecule has 0 aliphatic carbocycles. The molecule has 8 heteroatoms. The maximum atomic E-state index is 14.0. The number of aromatic nitrogens is 1. The normalized spacial score (nSPS) is 10.8. The smallest absolute Gasteiger partial charge is 0.259 e. The summed E-state index contributed by atoms with van der Waals surface area (Å²) in [5.74, 6) is -0.673. The summed E-state index contributed by atoms with van der Waals surface area (Å²) in [7, 11) is 0. The minimum Gasteiger partial charge on any atom is -0.404 e. The zero-order valence-corrected chi connectivity index (χ0v) is 12.4. The third-order valence-electron chi connectivity index (χ3n) is 3.23. The number of nitriles is 1. The van der Waals surface area contributed by atoms with Crippen molar-refractivity contribution in [3.05, 3.63) is 69.5 Å². The van der Waals surface area contributed by atoms with E-state index >= 15 is 0 Å². The standard InChI is InChI=1S/C16H13FN6O/c17-11-3-1-2-9(6-18)15(11)23-12-4-5-22-16(24)13(12)14(21)10(7-19)8-20/h1-5,7-8,19,21H,20H2,(H2,22,23,24)/b10-8+,19-7?,21-14?. The number of para-hydroxylation sites is 1. The number of benzene rings is 1. The Morgan fingerprint density at radius 2 is 2.17 bits per heavy atom. The Hall–Kier alpha value is -3.73. The number of allylic oxidation sites excluding steroid dienone is 1. The molecule has 2 aromatic rings. The fourth-order valence-electron chi connectivity index (χ4n) is 2.06. The number of halogens is 1. The number of hydrogen-bond acceptors (Lipinski definition) is 6. The Balaban J connectivity index is 2.61. The van der Waals surface area contributed by atoms with Gasteiger partial charge in [-0.15, -0.1) is 0 Å². The second kappa shape index (κ2) is 7.02. The van der Waals surface area contributed by atoms with E-state index in [2.05, 4.69) is 10.3 Å². The molecule has 1 aromatic carbocycles. The molecule has 24 heavy (non-hydrogen) atoms. The summed E-state index contributed by atoms with van der Waals surface area (Å²) in [5.41, 5.74) is 4.41. The molecule has 0 bridgehead atoms. The van der Waals surface area contributed by atoms with Gasteiger partial charge in [-0.1, -0.05) is 6.07 Å². The maximum absolute atomic E-state index is 14.0. The van der Waals surface area contributed by atoms with Crippen LogP contribution in [0.5, 0.6) is 0 Å². The molecule has 0 atom stereocenters. The van der Waals surface area contributed by atoms with Gasteiger partial charge in [-0.25, -0.2) is 4.39 Å². The van der Waals surface area contributed by atoms with Crippen LogP contribution in [0, 0.1) is 28.0 Å². The van der Waals surface area contributed by atoms with Gasteiger partial charge in [-0.05, 0) is 18.2 Å². The molecule has 1 aromatic heterocycles. The fourth-order valence-corrected chi connectivity index (χ4v) is 2.06. The third kappa shape index (κ3) is 3.05. The molecule has 0 fully saturated rings. The molecule has 0 aliphatic heterocycles. The molecule has 1 heterocycles. The van der Waals surface area contributed by atoms with E-state index in [1.54, 1.807) is 0 Å². The lowest BCUT2D eigenvalue weighted by molar-refractivity contribution is 0.631. The number of anilines is 2. The molecule has 6 N–H and O–H groups in total. The van der Waals surface area contributed by atoms with E-state index < -0.39 is 11.4 Å². The molecule has 0 saturated heterocycles. The van der Waals surface area contributed by atoms with Gasteiger partial charge in [-0.3, -0.25) is 10.2 Å². The molecule has 120 valence electrons. The van der Waals surface area contributed by atoms with Crippen molar-refractivity contribution in [3.63, 3.8) is 0 Å². The summed E-state index contributed by atoms with van der Waals surface area (Å²) < 4.78 is 14.0. The monoisotopic (exact) mass is 324 g/mol. The summed E-state index contributed by atoms with van der Waals surface area (Å²) >= 11 is 0. The Labute approximate surface area is 136 Å². The molecule has 0 amide bonds. The van der Waals surface area contributed by atoms with Crippen molar-refractivity contribution in [1.29, 1.82) is 16.1 Å². The second-order valence-corrected chi connectivity index (χ2v) is 4.64. The third-order valence-corrected chi connectivity index (χ3v) is 3.23. The number of nitrogens with two attached hydrogens (primary N) is 1. The van der Waals surface area contributed by atoms with E-state index in [0.717, 1.165) is 12.4 Å².